The fraction of sp³-hybridized carbons (Fsp3) is 0.444. The van der Waals surface area contributed by atoms with Crippen LogP contribution in [0.25, 0.3) is 11.3 Å². The Hall–Kier alpha value is -3.49. The molecule has 186 valence electrons. The zero-order valence-electron chi connectivity index (χ0n) is 20.4. The molecular weight excluding hydrogens is 464 g/mol. The van der Waals surface area contributed by atoms with E-state index in [4.69, 9.17) is 0 Å². The maximum absolute atomic E-state index is 14.5. The Morgan fingerprint density at radius 3 is 2.50 bits per heavy atom. The number of carbonyl (C=O) groups is 1. The molecule has 0 radical (unpaired) electrons. The summed E-state index contributed by atoms with van der Waals surface area (Å²) in [6.07, 6.45) is 5.97. The second-order valence-corrected chi connectivity index (χ2v) is 11.2. The van der Waals surface area contributed by atoms with Gasteiger partial charge in [-0.2, -0.15) is 10.2 Å². The molecule has 3 aromatic rings. The van der Waals surface area contributed by atoms with Crippen molar-refractivity contribution in [1.82, 2.24) is 25.1 Å². The molecule has 0 aliphatic heterocycles. The van der Waals surface area contributed by atoms with Gasteiger partial charge in [0, 0.05) is 23.7 Å². The molecule has 2 atom stereocenters. The Bertz CT molecular complexity index is 1420. The average molecular weight is 492 g/mol. The van der Waals surface area contributed by atoms with Gasteiger partial charge in [-0.05, 0) is 67.7 Å². The third kappa shape index (κ3) is 3.10. The zero-order valence-corrected chi connectivity index (χ0v) is 20.4. The first-order valence-corrected chi connectivity index (χ1v) is 12.3. The average Bonchev–Trinajstić information content (AvgIpc) is 3.49. The molecule has 2 heterocycles. The quantitative estimate of drug-likeness (QED) is 0.573. The number of aromatic nitrogens is 4. The number of hydrogen-bond acceptors (Lipinski definition) is 5. The molecule has 36 heavy (non-hydrogen) atoms. The Balaban J connectivity index is 1.43. The van der Waals surface area contributed by atoms with E-state index in [2.05, 4.69) is 40.9 Å². The fourth-order valence-electron chi connectivity index (χ4n) is 6.47. The minimum absolute atomic E-state index is 0.131. The standard InChI is InChI=1S/C27H27F2N5O2/c1-25(2)16-7-8-27(25,14-34(26(3)9-10-26)24(36)20-12-31-21(35)13-30-20)23-15(16)11-19(32-33-23)22-17(28)5-4-6-18(22)29/h4-6,11-13,16H,7-10,14H2,1-3H3,(H,31,35)/t16-,27-/m0/s1. The van der Waals surface area contributed by atoms with Crippen LogP contribution in [-0.2, 0) is 5.41 Å². The van der Waals surface area contributed by atoms with Gasteiger partial charge in [-0.15, -0.1) is 0 Å². The van der Waals surface area contributed by atoms with E-state index in [9.17, 15) is 18.4 Å². The Labute approximate surface area is 207 Å². The van der Waals surface area contributed by atoms with Crippen molar-refractivity contribution in [3.63, 3.8) is 0 Å². The molecule has 1 aromatic carbocycles. The van der Waals surface area contributed by atoms with Gasteiger partial charge in [0.15, 0.2) is 0 Å². The summed E-state index contributed by atoms with van der Waals surface area (Å²) in [6.45, 7) is 6.87. The Morgan fingerprint density at radius 1 is 1.14 bits per heavy atom. The molecule has 0 unspecified atom stereocenters. The second kappa shape index (κ2) is 7.51. The number of aromatic amines is 1. The first-order chi connectivity index (χ1) is 17.1. The van der Waals surface area contributed by atoms with Crippen LogP contribution in [0.2, 0.25) is 0 Å². The van der Waals surface area contributed by atoms with Crippen LogP contribution in [0.5, 0.6) is 0 Å². The van der Waals surface area contributed by atoms with Crippen molar-refractivity contribution in [2.75, 3.05) is 6.54 Å². The molecule has 2 saturated carbocycles. The maximum Gasteiger partial charge on any atom is 0.274 e. The Kier molecular flexibility index (Phi) is 4.78. The molecule has 3 aliphatic carbocycles. The van der Waals surface area contributed by atoms with Crippen LogP contribution in [0.15, 0.2) is 41.5 Å². The third-order valence-electron chi connectivity index (χ3n) is 9.02. The number of fused-ring (bicyclic) bond motifs is 5. The SMILES string of the molecule is CC1(N(C[C@@]23CC[C@@H](c4cc(-c5c(F)cccc5F)nnc42)C3(C)C)C(=O)c2c[nH]c(=O)cn2)CC1. The lowest BCUT2D eigenvalue weighted by Crippen LogP contribution is -2.52. The van der Waals surface area contributed by atoms with Crippen molar-refractivity contribution < 1.29 is 13.6 Å². The molecule has 1 N–H and O–H groups in total. The van der Waals surface area contributed by atoms with Crippen molar-refractivity contribution in [1.29, 1.82) is 0 Å². The number of carbonyl (C=O) groups excluding carboxylic acids is 1. The summed E-state index contributed by atoms with van der Waals surface area (Å²) in [7, 11) is 0. The van der Waals surface area contributed by atoms with Crippen molar-refractivity contribution in [3.05, 3.63) is 75.6 Å². The highest BCUT2D eigenvalue weighted by molar-refractivity contribution is 5.93. The monoisotopic (exact) mass is 491 g/mol. The van der Waals surface area contributed by atoms with Crippen molar-refractivity contribution in [3.8, 4) is 11.3 Å². The molecule has 6 rings (SSSR count). The Morgan fingerprint density at radius 2 is 1.86 bits per heavy atom. The smallest absolute Gasteiger partial charge is 0.274 e. The highest BCUT2D eigenvalue weighted by Crippen LogP contribution is 2.68. The highest BCUT2D eigenvalue weighted by atomic mass is 19.1. The van der Waals surface area contributed by atoms with E-state index in [1.54, 1.807) is 6.07 Å². The van der Waals surface area contributed by atoms with Gasteiger partial charge in [0.25, 0.3) is 11.5 Å². The van der Waals surface area contributed by atoms with Crippen molar-refractivity contribution in [2.24, 2.45) is 5.41 Å². The van der Waals surface area contributed by atoms with E-state index in [0.717, 1.165) is 43.1 Å². The minimum atomic E-state index is -0.673. The molecule has 1 amide bonds. The van der Waals surface area contributed by atoms with Crippen molar-refractivity contribution >= 4 is 5.91 Å². The van der Waals surface area contributed by atoms with E-state index in [-0.39, 0.29) is 45.3 Å². The summed E-state index contributed by atoms with van der Waals surface area (Å²) in [6, 6.07) is 5.55. The van der Waals surface area contributed by atoms with Crippen molar-refractivity contribution in [2.45, 2.75) is 63.3 Å². The van der Waals surface area contributed by atoms with Crippen LogP contribution in [-0.4, -0.2) is 43.1 Å². The van der Waals surface area contributed by atoms with Gasteiger partial charge in [-0.3, -0.25) is 9.59 Å². The number of rotatable bonds is 5. The van der Waals surface area contributed by atoms with Crippen LogP contribution in [0.1, 0.15) is 74.1 Å². The van der Waals surface area contributed by atoms with Gasteiger partial charge in [-0.25, -0.2) is 13.8 Å². The van der Waals surface area contributed by atoms with Gasteiger partial charge in [-0.1, -0.05) is 19.9 Å². The first-order valence-electron chi connectivity index (χ1n) is 12.3. The lowest BCUT2D eigenvalue weighted by molar-refractivity contribution is 0.0506. The van der Waals surface area contributed by atoms with Crippen LogP contribution < -0.4 is 5.56 Å². The molecule has 2 bridgehead atoms. The number of nitrogens with zero attached hydrogens (tertiary/aromatic N) is 4. The molecule has 0 spiro atoms. The summed E-state index contributed by atoms with van der Waals surface area (Å²) in [4.78, 5) is 33.7. The normalized spacial score (nSPS) is 24.4. The minimum Gasteiger partial charge on any atom is -0.331 e. The van der Waals surface area contributed by atoms with Gasteiger partial charge in [0.1, 0.15) is 17.3 Å². The molecular formula is C27H27F2N5O2. The van der Waals surface area contributed by atoms with Crippen LogP contribution in [0.4, 0.5) is 8.78 Å². The van der Waals surface area contributed by atoms with Gasteiger partial charge in [0.05, 0.1) is 23.1 Å². The number of halogens is 2. The molecule has 2 fully saturated rings. The maximum atomic E-state index is 14.5. The molecule has 2 aromatic heterocycles. The van der Waals surface area contributed by atoms with Gasteiger partial charge < -0.3 is 9.88 Å². The predicted octanol–water partition coefficient (Wildman–Crippen LogP) is 4.36. The lowest BCUT2D eigenvalue weighted by atomic mass is 9.68. The summed E-state index contributed by atoms with van der Waals surface area (Å²) >= 11 is 0. The first kappa shape index (κ1) is 22.9. The number of nitrogens with one attached hydrogen (secondary N) is 1. The summed E-state index contributed by atoms with van der Waals surface area (Å²) in [5.74, 6) is -1.44. The largest absolute Gasteiger partial charge is 0.331 e. The summed E-state index contributed by atoms with van der Waals surface area (Å²) < 4.78 is 29.0. The van der Waals surface area contributed by atoms with E-state index in [0.29, 0.717) is 6.54 Å². The van der Waals surface area contributed by atoms with E-state index in [1.165, 1.54) is 24.4 Å². The highest BCUT2D eigenvalue weighted by Gasteiger charge is 2.65. The van der Waals surface area contributed by atoms with Crippen LogP contribution >= 0.6 is 0 Å². The predicted molar refractivity (Wildman–Crippen MR) is 128 cm³/mol. The number of hydrogen-bond donors (Lipinski definition) is 1. The number of H-pyrrole nitrogens is 1. The van der Waals surface area contributed by atoms with Crippen LogP contribution in [0.3, 0.4) is 0 Å². The number of amides is 1. The lowest BCUT2D eigenvalue weighted by Gasteiger charge is -2.43. The van der Waals surface area contributed by atoms with Gasteiger partial charge >= 0.3 is 0 Å². The molecule has 7 nitrogen and oxygen atoms in total. The molecule has 0 saturated heterocycles. The second-order valence-electron chi connectivity index (χ2n) is 11.2. The van der Waals surface area contributed by atoms with Crippen LogP contribution in [0, 0.1) is 17.0 Å². The van der Waals surface area contributed by atoms with Gasteiger partial charge in [0.2, 0.25) is 0 Å². The summed E-state index contributed by atoms with van der Waals surface area (Å²) in [5.41, 5.74) is 0.585. The van der Waals surface area contributed by atoms with E-state index < -0.39 is 17.0 Å². The third-order valence-corrected chi connectivity index (χ3v) is 9.02. The number of benzene rings is 1. The summed E-state index contributed by atoms with van der Waals surface area (Å²) in [5, 5.41) is 8.87. The van der Waals surface area contributed by atoms with E-state index in [1.807, 2.05) is 4.90 Å². The van der Waals surface area contributed by atoms with E-state index >= 15 is 0 Å². The molecule has 9 heteroatoms. The zero-order chi connectivity index (χ0) is 25.5. The fourth-order valence-corrected chi connectivity index (χ4v) is 6.47. The molecule has 3 aliphatic rings. The topological polar surface area (TPSA) is 91.8 Å².